The number of allylic oxidation sites excluding steroid dienone is 1. The summed E-state index contributed by atoms with van der Waals surface area (Å²) in [5, 5.41) is 12.8. The summed E-state index contributed by atoms with van der Waals surface area (Å²) in [6.45, 7) is 7.20. The third-order valence-corrected chi connectivity index (χ3v) is 5.36. The summed E-state index contributed by atoms with van der Waals surface area (Å²) in [5.41, 5.74) is 2.19. The molecule has 2 heterocycles. The summed E-state index contributed by atoms with van der Waals surface area (Å²) in [7, 11) is 0. The van der Waals surface area contributed by atoms with Gasteiger partial charge in [-0.25, -0.2) is 0 Å². The van der Waals surface area contributed by atoms with Gasteiger partial charge in [-0.05, 0) is 6.92 Å². The Balaban J connectivity index is 1.71. The Hall–Kier alpha value is -2.06. The maximum atomic E-state index is 12.1. The highest BCUT2D eigenvalue weighted by Gasteiger charge is 2.16. The van der Waals surface area contributed by atoms with E-state index in [9.17, 15) is 4.79 Å². The molecule has 1 aliphatic rings. The summed E-state index contributed by atoms with van der Waals surface area (Å²) < 4.78 is 1.97. The topological polar surface area (TPSA) is 72.2 Å². The third-order valence-electron chi connectivity index (χ3n) is 3.50. The van der Waals surface area contributed by atoms with E-state index >= 15 is 0 Å². The van der Waals surface area contributed by atoms with Crippen molar-refractivity contribution in [3.05, 3.63) is 42.5 Å². The van der Waals surface area contributed by atoms with E-state index < -0.39 is 0 Å². The van der Waals surface area contributed by atoms with Crippen molar-refractivity contribution in [3.8, 4) is 11.4 Å². The minimum atomic E-state index is -0.0804. The third kappa shape index (κ3) is 4.52. The lowest BCUT2D eigenvalue weighted by Gasteiger charge is -2.08. The molecule has 0 fully saturated rings. The van der Waals surface area contributed by atoms with Gasteiger partial charge in [-0.1, -0.05) is 59.4 Å². The van der Waals surface area contributed by atoms with E-state index in [1.165, 1.54) is 17.3 Å². The zero-order chi connectivity index (χ0) is 17.6. The minimum absolute atomic E-state index is 0.0804. The molecule has 25 heavy (non-hydrogen) atoms. The lowest BCUT2D eigenvalue weighted by Crippen LogP contribution is -2.29. The maximum absolute atomic E-state index is 12.1. The second kappa shape index (κ2) is 8.35. The lowest BCUT2D eigenvalue weighted by molar-refractivity contribution is -0.117. The minimum Gasteiger partial charge on any atom is -0.305 e. The molecule has 130 valence electrons. The molecular weight excluding hydrogens is 354 g/mol. The van der Waals surface area contributed by atoms with Gasteiger partial charge in [0.15, 0.2) is 16.1 Å². The summed E-state index contributed by atoms with van der Waals surface area (Å²) in [5.74, 6) is 1.89. The molecule has 6 nitrogen and oxygen atoms in total. The van der Waals surface area contributed by atoms with Gasteiger partial charge in [0.1, 0.15) is 0 Å². The van der Waals surface area contributed by atoms with E-state index in [0.717, 1.165) is 23.7 Å². The maximum Gasteiger partial charge on any atom is 0.236 e. The van der Waals surface area contributed by atoms with Gasteiger partial charge < -0.3 is 5.32 Å². The Morgan fingerprint density at radius 1 is 1.40 bits per heavy atom. The number of rotatable bonds is 6. The Labute approximate surface area is 155 Å². The lowest BCUT2D eigenvalue weighted by atomic mass is 10.1. The molecule has 0 aliphatic carbocycles. The fourth-order valence-corrected chi connectivity index (χ4v) is 3.79. The molecule has 1 aliphatic heterocycles. The largest absolute Gasteiger partial charge is 0.305 e. The van der Waals surface area contributed by atoms with Gasteiger partial charge in [-0.2, -0.15) is 0 Å². The van der Waals surface area contributed by atoms with Crippen LogP contribution in [0.2, 0.25) is 0 Å². The number of aliphatic imine (C=N–C) groups is 1. The van der Waals surface area contributed by atoms with Crippen LogP contribution in [-0.4, -0.2) is 43.9 Å². The van der Waals surface area contributed by atoms with Crippen LogP contribution in [0, 0.1) is 6.92 Å². The number of carbonyl (C=O) groups is 1. The van der Waals surface area contributed by atoms with Crippen molar-refractivity contribution in [2.45, 2.75) is 18.6 Å². The van der Waals surface area contributed by atoms with E-state index in [1.807, 2.05) is 35.8 Å². The molecule has 3 rings (SSSR count). The highest BCUT2D eigenvalue weighted by molar-refractivity contribution is 8.14. The van der Waals surface area contributed by atoms with Crippen LogP contribution in [0.3, 0.4) is 0 Å². The highest BCUT2D eigenvalue weighted by Crippen LogP contribution is 2.24. The zero-order valence-electron chi connectivity index (χ0n) is 13.9. The number of nitrogens with one attached hydrogen (secondary N) is 1. The number of aryl methyl sites for hydroxylation is 1. The number of aromatic nitrogens is 3. The summed E-state index contributed by atoms with van der Waals surface area (Å²) in [6.07, 6.45) is 1.80. The van der Waals surface area contributed by atoms with Crippen LogP contribution < -0.4 is 5.32 Å². The molecule has 0 radical (unpaired) electrons. The van der Waals surface area contributed by atoms with Gasteiger partial charge in [0, 0.05) is 17.9 Å². The monoisotopic (exact) mass is 373 g/mol. The molecule has 0 bridgehead atoms. The van der Waals surface area contributed by atoms with Gasteiger partial charge in [0.25, 0.3) is 0 Å². The Bertz CT molecular complexity index is 798. The Morgan fingerprint density at radius 2 is 2.20 bits per heavy atom. The molecule has 2 aromatic rings. The average molecular weight is 374 g/mol. The van der Waals surface area contributed by atoms with E-state index in [1.54, 1.807) is 17.8 Å². The number of carbonyl (C=O) groups excluding carboxylic acids is 1. The van der Waals surface area contributed by atoms with Gasteiger partial charge >= 0.3 is 0 Å². The van der Waals surface area contributed by atoms with Crippen LogP contribution in [0.5, 0.6) is 0 Å². The number of hydrogen-bond donors (Lipinski definition) is 1. The van der Waals surface area contributed by atoms with Gasteiger partial charge in [-0.15, -0.1) is 16.8 Å². The number of nitrogens with zero attached hydrogens (tertiary/aromatic N) is 4. The SMILES string of the molecule is C=CCn1c(SCC(=O)NC2=NCCS2)nnc1-c1ccc(C)cc1. The Kier molecular flexibility index (Phi) is 5.93. The van der Waals surface area contributed by atoms with E-state index in [2.05, 4.69) is 27.1 Å². The summed E-state index contributed by atoms with van der Waals surface area (Å²) in [6, 6.07) is 8.14. The van der Waals surface area contributed by atoms with Crippen molar-refractivity contribution >= 4 is 34.6 Å². The molecule has 0 saturated carbocycles. The van der Waals surface area contributed by atoms with E-state index in [-0.39, 0.29) is 11.7 Å². The van der Waals surface area contributed by atoms with Crippen LogP contribution in [0.25, 0.3) is 11.4 Å². The van der Waals surface area contributed by atoms with Gasteiger partial charge in [-0.3, -0.25) is 14.4 Å². The number of amidine groups is 1. The zero-order valence-corrected chi connectivity index (χ0v) is 15.6. The first-order valence-corrected chi connectivity index (χ1v) is 9.85. The van der Waals surface area contributed by atoms with E-state index in [4.69, 9.17) is 0 Å². The van der Waals surface area contributed by atoms with Crippen molar-refractivity contribution in [1.82, 2.24) is 20.1 Å². The van der Waals surface area contributed by atoms with Crippen molar-refractivity contribution in [2.24, 2.45) is 4.99 Å². The molecule has 0 spiro atoms. The van der Waals surface area contributed by atoms with Crippen LogP contribution in [0.4, 0.5) is 0 Å². The molecule has 0 saturated heterocycles. The second-order valence-corrected chi connectivity index (χ2v) is 7.47. The summed E-state index contributed by atoms with van der Waals surface area (Å²) in [4.78, 5) is 16.3. The normalized spacial score (nSPS) is 13.6. The van der Waals surface area contributed by atoms with Crippen LogP contribution in [0.1, 0.15) is 5.56 Å². The predicted octanol–water partition coefficient (Wildman–Crippen LogP) is 2.75. The van der Waals surface area contributed by atoms with Crippen molar-refractivity contribution in [1.29, 1.82) is 0 Å². The molecule has 1 N–H and O–H groups in total. The fourth-order valence-electron chi connectivity index (χ4n) is 2.30. The first kappa shape index (κ1) is 17.8. The molecule has 1 amide bonds. The van der Waals surface area contributed by atoms with Crippen molar-refractivity contribution in [3.63, 3.8) is 0 Å². The molecule has 0 atom stereocenters. The van der Waals surface area contributed by atoms with Gasteiger partial charge in [0.05, 0.1) is 12.3 Å². The fraction of sp³-hybridized carbons (Fsp3) is 0.294. The predicted molar refractivity (Wildman–Crippen MR) is 104 cm³/mol. The molecule has 0 unspecified atom stereocenters. The number of benzene rings is 1. The van der Waals surface area contributed by atoms with Crippen LogP contribution >= 0.6 is 23.5 Å². The number of hydrogen-bond acceptors (Lipinski definition) is 6. The summed E-state index contributed by atoms with van der Waals surface area (Å²) >= 11 is 2.93. The van der Waals surface area contributed by atoms with Crippen molar-refractivity contribution in [2.75, 3.05) is 18.1 Å². The molecule has 1 aromatic heterocycles. The van der Waals surface area contributed by atoms with E-state index in [0.29, 0.717) is 16.9 Å². The average Bonchev–Trinajstić information content (AvgIpc) is 3.24. The number of amides is 1. The van der Waals surface area contributed by atoms with Gasteiger partial charge in [0.2, 0.25) is 5.91 Å². The standard InChI is InChI=1S/C17H19N5OS2/c1-3-9-22-15(13-6-4-12(2)5-7-13)20-21-17(22)25-11-14(23)19-16-18-8-10-24-16/h3-7H,1,8-11H2,2H3,(H,18,19,23). The first-order valence-electron chi connectivity index (χ1n) is 7.88. The Morgan fingerprint density at radius 3 is 2.88 bits per heavy atom. The smallest absolute Gasteiger partial charge is 0.236 e. The van der Waals surface area contributed by atoms with Crippen molar-refractivity contribution < 1.29 is 4.79 Å². The number of thioether (sulfide) groups is 2. The second-order valence-electron chi connectivity index (χ2n) is 5.44. The highest BCUT2D eigenvalue weighted by atomic mass is 32.2. The van der Waals surface area contributed by atoms with Crippen LogP contribution in [0.15, 0.2) is 47.1 Å². The van der Waals surface area contributed by atoms with Crippen LogP contribution in [-0.2, 0) is 11.3 Å². The molecular formula is C17H19N5OS2. The quantitative estimate of drug-likeness (QED) is 0.623. The molecule has 8 heteroatoms. The first-order chi connectivity index (χ1) is 12.2. The molecule has 1 aromatic carbocycles.